The van der Waals surface area contributed by atoms with E-state index in [1.54, 1.807) is 0 Å². The maximum atomic E-state index is 12.4. The van der Waals surface area contributed by atoms with E-state index in [-0.39, 0.29) is 6.54 Å². The van der Waals surface area contributed by atoms with Crippen LogP contribution in [0.15, 0.2) is 24.3 Å². The van der Waals surface area contributed by atoms with Gasteiger partial charge in [-0.2, -0.15) is 13.2 Å². The monoisotopic (exact) mass is 303 g/mol. The number of nitrogens with one attached hydrogen (secondary N) is 1. The molecule has 1 fully saturated rings. The lowest BCUT2D eigenvalue weighted by Crippen LogP contribution is -2.39. The fraction of sp³-hybridized carbons (Fsp3) is 0.600. The molecule has 1 unspecified atom stereocenters. The SMILES string of the molecule is OC(CNCC1(O)CCCC1)c1ccc(C(F)(F)F)cc1. The van der Waals surface area contributed by atoms with Crippen LogP contribution in [-0.2, 0) is 6.18 Å². The third-order valence-corrected chi connectivity index (χ3v) is 3.95. The zero-order chi connectivity index (χ0) is 15.5. The van der Waals surface area contributed by atoms with Crippen LogP contribution in [-0.4, -0.2) is 28.9 Å². The Hall–Kier alpha value is -1.11. The number of alkyl halides is 3. The summed E-state index contributed by atoms with van der Waals surface area (Å²) in [5.41, 5.74) is -1.01. The van der Waals surface area contributed by atoms with E-state index in [9.17, 15) is 23.4 Å². The minimum atomic E-state index is -4.37. The molecule has 0 bridgehead atoms. The molecule has 1 atom stereocenters. The Morgan fingerprint density at radius 2 is 1.71 bits per heavy atom. The molecule has 1 aromatic carbocycles. The van der Waals surface area contributed by atoms with Gasteiger partial charge in [0.05, 0.1) is 17.3 Å². The zero-order valence-electron chi connectivity index (χ0n) is 11.7. The molecule has 3 N–H and O–H groups in total. The van der Waals surface area contributed by atoms with Crippen molar-refractivity contribution in [2.45, 2.75) is 43.6 Å². The molecule has 1 aliphatic carbocycles. The summed E-state index contributed by atoms with van der Waals surface area (Å²) >= 11 is 0. The average Bonchev–Trinajstić information content (AvgIpc) is 2.85. The van der Waals surface area contributed by atoms with Gasteiger partial charge in [0.1, 0.15) is 0 Å². The van der Waals surface area contributed by atoms with E-state index in [1.165, 1.54) is 12.1 Å². The quantitative estimate of drug-likeness (QED) is 0.784. The standard InChI is InChI=1S/C15H20F3NO2/c16-15(17,18)12-5-3-11(4-6-12)13(20)9-19-10-14(21)7-1-2-8-14/h3-6,13,19-21H,1-2,7-10H2. The van der Waals surface area contributed by atoms with Gasteiger partial charge >= 0.3 is 6.18 Å². The Kier molecular flexibility index (Phi) is 4.91. The second-order valence-corrected chi connectivity index (χ2v) is 5.70. The number of halogens is 3. The van der Waals surface area contributed by atoms with E-state index in [1.807, 2.05) is 0 Å². The van der Waals surface area contributed by atoms with Crippen molar-refractivity contribution in [2.75, 3.05) is 13.1 Å². The molecule has 0 aromatic heterocycles. The van der Waals surface area contributed by atoms with Gasteiger partial charge in [0.2, 0.25) is 0 Å². The molecular formula is C15H20F3NO2. The maximum absolute atomic E-state index is 12.4. The van der Waals surface area contributed by atoms with Crippen molar-refractivity contribution < 1.29 is 23.4 Å². The number of hydrogen-bond donors (Lipinski definition) is 3. The van der Waals surface area contributed by atoms with Gasteiger partial charge in [0.15, 0.2) is 0 Å². The van der Waals surface area contributed by atoms with Crippen molar-refractivity contribution >= 4 is 0 Å². The fourth-order valence-corrected chi connectivity index (χ4v) is 2.66. The summed E-state index contributed by atoms with van der Waals surface area (Å²) in [6, 6.07) is 4.48. The molecule has 0 amide bonds. The molecular weight excluding hydrogens is 283 g/mol. The van der Waals surface area contributed by atoms with Gasteiger partial charge in [-0.25, -0.2) is 0 Å². The summed E-state index contributed by atoms with van der Waals surface area (Å²) in [5.74, 6) is 0. The molecule has 0 spiro atoms. The van der Waals surface area contributed by atoms with E-state index in [2.05, 4.69) is 5.32 Å². The summed E-state index contributed by atoms with van der Waals surface area (Å²) in [6.07, 6.45) is -1.77. The van der Waals surface area contributed by atoms with E-state index in [0.29, 0.717) is 12.1 Å². The molecule has 1 saturated carbocycles. The van der Waals surface area contributed by atoms with Crippen molar-refractivity contribution in [3.63, 3.8) is 0 Å². The minimum absolute atomic E-state index is 0.202. The van der Waals surface area contributed by atoms with Crippen LogP contribution in [0.2, 0.25) is 0 Å². The number of aliphatic hydroxyl groups excluding tert-OH is 1. The number of aliphatic hydroxyl groups is 2. The Morgan fingerprint density at radius 3 is 2.24 bits per heavy atom. The number of rotatable bonds is 5. The first-order chi connectivity index (χ1) is 9.80. The van der Waals surface area contributed by atoms with Crippen LogP contribution >= 0.6 is 0 Å². The fourth-order valence-electron chi connectivity index (χ4n) is 2.66. The van der Waals surface area contributed by atoms with Gasteiger partial charge in [-0.05, 0) is 30.5 Å². The predicted octanol–water partition coefficient (Wildman–Crippen LogP) is 2.63. The first-order valence-electron chi connectivity index (χ1n) is 7.08. The van der Waals surface area contributed by atoms with E-state index in [0.717, 1.165) is 37.8 Å². The number of benzene rings is 1. The summed E-state index contributed by atoms with van der Waals surface area (Å²) in [7, 11) is 0. The van der Waals surface area contributed by atoms with Crippen molar-refractivity contribution in [2.24, 2.45) is 0 Å². The van der Waals surface area contributed by atoms with Crippen LogP contribution in [0, 0.1) is 0 Å². The van der Waals surface area contributed by atoms with Gasteiger partial charge in [0, 0.05) is 13.1 Å². The third-order valence-electron chi connectivity index (χ3n) is 3.95. The van der Waals surface area contributed by atoms with Gasteiger partial charge in [-0.15, -0.1) is 0 Å². The normalized spacial score (nSPS) is 19.7. The Bertz CT molecular complexity index is 453. The Labute approximate surface area is 121 Å². The second-order valence-electron chi connectivity index (χ2n) is 5.70. The highest BCUT2D eigenvalue weighted by Crippen LogP contribution is 2.30. The van der Waals surface area contributed by atoms with Crippen LogP contribution in [0.25, 0.3) is 0 Å². The van der Waals surface area contributed by atoms with Crippen LogP contribution in [0.3, 0.4) is 0 Å². The maximum Gasteiger partial charge on any atom is 0.416 e. The van der Waals surface area contributed by atoms with E-state index >= 15 is 0 Å². The topological polar surface area (TPSA) is 52.5 Å². The largest absolute Gasteiger partial charge is 0.416 e. The number of hydrogen-bond acceptors (Lipinski definition) is 3. The lowest BCUT2D eigenvalue weighted by molar-refractivity contribution is -0.137. The Morgan fingerprint density at radius 1 is 1.14 bits per heavy atom. The van der Waals surface area contributed by atoms with Crippen LogP contribution in [0.5, 0.6) is 0 Å². The molecule has 1 aromatic rings. The minimum Gasteiger partial charge on any atom is -0.389 e. The van der Waals surface area contributed by atoms with Crippen molar-refractivity contribution in [1.82, 2.24) is 5.32 Å². The molecule has 0 saturated heterocycles. The molecule has 1 aliphatic rings. The highest BCUT2D eigenvalue weighted by atomic mass is 19.4. The van der Waals surface area contributed by atoms with Crippen LogP contribution in [0.1, 0.15) is 42.9 Å². The lowest BCUT2D eigenvalue weighted by Gasteiger charge is -2.23. The highest BCUT2D eigenvalue weighted by molar-refractivity contribution is 5.26. The predicted molar refractivity (Wildman–Crippen MR) is 72.7 cm³/mol. The van der Waals surface area contributed by atoms with E-state index in [4.69, 9.17) is 0 Å². The van der Waals surface area contributed by atoms with Crippen molar-refractivity contribution in [3.8, 4) is 0 Å². The summed E-state index contributed by atoms with van der Waals surface area (Å²) in [5, 5.41) is 23.1. The molecule has 6 heteroatoms. The molecule has 3 nitrogen and oxygen atoms in total. The van der Waals surface area contributed by atoms with Gasteiger partial charge in [-0.3, -0.25) is 0 Å². The van der Waals surface area contributed by atoms with Crippen molar-refractivity contribution in [3.05, 3.63) is 35.4 Å². The van der Waals surface area contributed by atoms with E-state index < -0.39 is 23.4 Å². The van der Waals surface area contributed by atoms with Gasteiger partial charge < -0.3 is 15.5 Å². The Balaban J connectivity index is 1.84. The molecule has 0 radical (unpaired) electrons. The van der Waals surface area contributed by atoms with Crippen LogP contribution < -0.4 is 5.32 Å². The molecule has 2 rings (SSSR count). The highest BCUT2D eigenvalue weighted by Gasteiger charge is 2.31. The molecule has 0 heterocycles. The van der Waals surface area contributed by atoms with Crippen LogP contribution in [0.4, 0.5) is 13.2 Å². The van der Waals surface area contributed by atoms with Gasteiger partial charge in [-0.1, -0.05) is 25.0 Å². The summed E-state index contributed by atoms with van der Waals surface area (Å²) < 4.78 is 37.3. The first-order valence-corrected chi connectivity index (χ1v) is 7.08. The molecule has 21 heavy (non-hydrogen) atoms. The summed E-state index contributed by atoms with van der Waals surface area (Å²) in [6.45, 7) is 0.596. The average molecular weight is 303 g/mol. The molecule has 0 aliphatic heterocycles. The third kappa shape index (κ3) is 4.43. The lowest BCUT2D eigenvalue weighted by atomic mass is 10.0. The zero-order valence-corrected chi connectivity index (χ0v) is 11.7. The summed E-state index contributed by atoms with van der Waals surface area (Å²) in [4.78, 5) is 0. The first kappa shape index (κ1) is 16.3. The smallest absolute Gasteiger partial charge is 0.389 e. The van der Waals surface area contributed by atoms with Crippen molar-refractivity contribution in [1.29, 1.82) is 0 Å². The second kappa shape index (κ2) is 6.34. The molecule has 118 valence electrons. The van der Waals surface area contributed by atoms with Gasteiger partial charge in [0.25, 0.3) is 0 Å².